The summed E-state index contributed by atoms with van der Waals surface area (Å²) in [5.74, 6) is 0. The third-order valence-corrected chi connectivity index (χ3v) is 2.62. The van der Waals surface area contributed by atoms with Crippen LogP contribution in [0, 0.1) is 0 Å². The van der Waals surface area contributed by atoms with Gasteiger partial charge in [0.1, 0.15) is 0 Å². The molecular formula is C14H14N4S. The molecule has 1 heterocycles. The number of benzene rings is 1. The molecule has 5 heteroatoms. The van der Waals surface area contributed by atoms with E-state index in [1.54, 1.807) is 18.6 Å². The molecule has 96 valence electrons. The van der Waals surface area contributed by atoms with Gasteiger partial charge >= 0.3 is 0 Å². The average Bonchev–Trinajstić information content (AvgIpc) is 2.47. The van der Waals surface area contributed by atoms with Crippen LogP contribution in [0.4, 0.5) is 0 Å². The molecule has 0 radical (unpaired) electrons. The molecule has 0 aliphatic rings. The number of hydrazone groups is 1. The highest BCUT2D eigenvalue weighted by molar-refractivity contribution is 7.80. The topological polar surface area (TPSA) is 49.3 Å². The van der Waals surface area contributed by atoms with Crippen LogP contribution in [0.25, 0.3) is 0 Å². The van der Waals surface area contributed by atoms with Crippen molar-refractivity contribution in [3.05, 3.63) is 66.0 Å². The molecule has 0 fully saturated rings. The molecule has 4 nitrogen and oxygen atoms in total. The first-order valence-corrected chi connectivity index (χ1v) is 6.26. The van der Waals surface area contributed by atoms with Gasteiger partial charge in [-0.3, -0.25) is 10.4 Å². The third kappa shape index (κ3) is 4.85. The first kappa shape index (κ1) is 13.2. The molecule has 2 aromatic rings. The summed E-state index contributed by atoms with van der Waals surface area (Å²) in [4.78, 5) is 3.93. The van der Waals surface area contributed by atoms with Crippen molar-refractivity contribution < 1.29 is 0 Å². The van der Waals surface area contributed by atoms with Crippen molar-refractivity contribution in [1.82, 2.24) is 15.7 Å². The molecule has 0 unspecified atom stereocenters. The minimum atomic E-state index is 0.495. The molecule has 0 saturated heterocycles. The summed E-state index contributed by atoms with van der Waals surface area (Å²) in [6, 6.07) is 13.8. The van der Waals surface area contributed by atoms with Gasteiger partial charge in [0.15, 0.2) is 5.11 Å². The Bertz CT molecular complexity index is 540. The van der Waals surface area contributed by atoms with Crippen molar-refractivity contribution in [2.45, 2.75) is 6.54 Å². The van der Waals surface area contributed by atoms with E-state index in [-0.39, 0.29) is 0 Å². The Kier molecular flexibility index (Phi) is 5.01. The second kappa shape index (κ2) is 7.23. The van der Waals surface area contributed by atoms with Crippen LogP contribution in [0.5, 0.6) is 0 Å². The lowest BCUT2D eigenvalue weighted by atomic mass is 10.2. The Balaban J connectivity index is 1.75. The van der Waals surface area contributed by atoms with Crippen molar-refractivity contribution >= 4 is 23.5 Å². The van der Waals surface area contributed by atoms with Gasteiger partial charge in [-0.1, -0.05) is 30.3 Å². The maximum Gasteiger partial charge on any atom is 0.187 e. The van der Waals surface area contributed by atoms with Crippen LogP contribution in [0.3, 0.4) is 0 Å². The molecule has 0 atom stereocenters. The zero-order chi connectivity index (χ0) is 13.3. The monoisotopic (exact) mass is 270 g/mol. The molecule has 1 aromatic carbocycles. The Labute approximate surface area is 117 Å². The van der Waals surface area contributed by atoms with Crippen LogP contribution in [-0.4, -0.2) is 16.3 Å². The lowest BCUT2D eigenvalue weighted by Gasteiger charge is -2.06. The first-order valence-electron chi connectivity index (χ1n) is 5.85. The Hall–Kier alpha value is -2.27. The largest absolute Gasteiger partial charge is 0.357 e. The molecule has 0 amide bonds. The summed E-state index contributed by atoms with van der Waals surface area (Å²) in [5, 5.41) is 7.62. The fourth-order valence-corrected chi connectivity index (χ4v) is 1.56. The van der Waals surface area contributed by atoms with Crippen LogP contribution in [-0.2, 0) is 6.54 Å². The summed E-state index contributed by atoms with van der Waals surface area (Å²) in [7, 11) is 0. The number of hydrogen-bond donors (Lipinski definition) is 2. The molecule has 2 rings (SSSR count). The maximum atomic E-state index is 5.12. The van der Waals surface area contributed by atoms with Gasteiger partial charge < -0.3 is 5.32 Å². The van der Waals surface area contributed by atoms with Crippen LogP contribution >= 0.6 is 12.2 Å². The molecule has 0 aliphatic carbocycles. The Morgan fingerprint density at radius 3 is 2.63 bits per heavy atom. The average molecular weight is 270 g/mol. The lowest BCUT2D eigenvalue weighted by Crippen LogP contribution is -2.31. The van der Waals surface area contributed by atoms with E-state index in [1.165, 1.54) is 5.56 Å². The number of nitrogens with one attached hydrogen (secondary N) is 2. The predicted octanol–water partition coefficient (Wildman–Crippen LogP) is 2.08. The lowest BCUT2D eigenvalue weighted by molar-refractivity contribution is 0.869. The second-order valence-corrected chi connectivity index (χ2v) is 4.23. The van der Waals surface area contributed by atoms with Crippen molar-refractivity contribution in [2.24, 2.45) is 5.10 Å². The molecule has 0 spiro atoms. The minimum absolute atomic E-state index is 0.495. The van der Waals surface area contributed by atoms with E-state index in [0.717, 1.165) is 5.56 Å². The fraction of sp³-hybridized carbons (Fsp3) is 0.0714. The van der Waals surface area contributed by atoms with Crippen molar-refractivity contribution in [3.8, 4) is 0 Å². The van der Waals surface area contributed by atoms with Gasteiger partial charge in [0.05, 0.1) is 6.21 Å². The number of hydrogen-bond acceptors (Lipinski definition) is 3. The van der Waals surface area contributed by atoms with Gasteiger partial charge in [0.2, 0.25) is 0 Å². The minimum Gasteiger partial charge on any atom is -0.357 e. The zero-order valence-corrected chi connectivity index (χ0v) is 11.1. The summed E-state index contributed by atoms with van der Waals surface area (Å²) in [6.45, 7) is 0.678. The summed E-state index contributed by atoms with van der Waals surface area (Å²) in [6.07, 6.45) is 5.12. The van der Waals surface area contributed by atoms with Gasteiger partial charge in [-0.15, -0.1) is 0 Å². The molecule has 0 aliphatic heterocycles. The van der Waals surface area contributed by atoms with E-state index in [9.17, 15) is 0 Å². The number of pyridine rings is 1. The van der Waals surface area contributed by atoms with Crippen molar-refractivity contribution in [1.29, 1.82) is 0 Å². The molecule has 1 aromatic heterocycles. The van der Waals surface area contributed by atoms with Crippen LogP contribution in [0.15, 0.2) is 60.0 Å². The molecule has 0 bridgehead atoms. The summed E-state index contributed by atoms with van der Waals surface area (Å²) >= 11 is 5.12. The van der Waals surface area contributed by atoms with E-state index in [0.29, 0.717) is 11.7 Å². The van der Waals surface area contributed by atoms with Crippen LogP contribution < -0.4 is 10.7 Å². The van der Waals surface area contributed by atoms with Gasteiger partial charge in [-0.2, -0.15) is 5.10 Å². The van der Waals surface area contributed by atoms with E-state index >= 15 is 0 Å². The zero-order valence-electron chi connectivity index (χ0n) is 10.3. The number of aromatic nitrogens is 1. The first-order chi connectivity index (χ1) is 9.34. The maximum absolute atomic E-state index is 5.12. The van der Waals surface area contributed by atoms with E-state index in [2.05, 4.69) is 20.8 Å². The third-order valence-electron chi connectivity index (χ3n) is 2.38. The van der Waals surface area contributed by atoms with Crippen LogP contribution in [0.1, 0.15) is 11.1 Å². The van der Waals surface area contributed by atoms with E-state index in [1.807, 2.05) is 42.5 Å². The van der Waals surface area contributed by atoms with Crippen molar-refractivity contribution in [2.75, 3.05) is 0 Å². The second-order valence-electron chi connectivity index (χ2n) is 3.82. The Morgan fingerprint density at radius 1 is 1.16 bits per heavy atom. The summed E-state index contributed by atoms with van der Waals surface area (Å²) in [5.41, 5.74) is 4.91. The molecule has 19 heavy (non-hydrogen) atoms. The van der Waals surface area contributed by atoms with Crippen LogP contribution in [0.2, 0.25) is 0 Å². The van der Waals surface area contributed by atoms with Gasteiger partial charge in [0.25, 0.3) is 0 Å². The summed E-state index contributed by atoms with van der Waals surface area (Å²) < 4.78 is 0. The molecule has 0 saturated carbocycles. The highest BCUT2D eigenvalue weighted by Crippen LogP contribution is 1.96. The van der Waals surface area contributed by atoms with Gasteiger partial charge in [0, 0.05) is 18.9 Å². The van der Waals surface area contributed by atoms with E-state index in [4.69, 9.17) is 12.2 Å². The van der Waals surface area contributed by atoms with Crippen molar-refractivity contribution in [3.63, 3.8) is 0 Å². The predicted molar refractivity (Wildman–Crippen MR) is 80.8 cm³/mol. The van der Waals surface area contributed by atoms with Gasteiger partial charge in [-0.25, -0.2) is 0 Å². The standard InChI is InChI=1S/C14H14N4S/c19-14(16-10-12-4-2-1-3-5-12)18-17-11-13-6-8-15-9-7-13/h1-9,11H,10H2,(H2,16,18,19)/b17-11+. The number of thiocarbonyl (C=S) groups is 1. The smallest absolute Gasteiger partial charge is 0.187 e. The highest BCUT2D eigenvalue weighted by atomic mass is 32.1. The quantitative estimate of drug-likeness (QED) is 0.507. The van der Waals surface area contributed by atoms with E-state index < -0.39 is 0 Å². The highest BCUT2D eigenvalue weighted by Gasteiger charge is 1.94. The van der Waals surface area contributed by atoms with Gasteiger partial charge in [-0.05, 0) is 35.5 Å². The Morgan fingerprint density at radius 2 is 1.89 bits per heavy atom. The molecular weight excluding hydrogens is 256 g/mol. The SMILES string of the molecule is S=C(NCc1ccccc1)N/N=C/c1ccncc1. The fourth-order valence-electron chi connectivity index (χ4n) is 1.43. The number of nitrogens with zero attached hydrogens (tertiary/aromatic N) is 2. The normalized spacial score (nSPS) is 10.3. The molecule has 2 N–H and O–H groups in total. The number of rotatable bonds is 4.